The molecule has 0 aliphatic rings. The van der Waals surface area contributed by atoms with Crippen molar-refractivity contribution in [3.05, 3.63) is 27.0 Å². The van der Waals surface area contributed by atoms with Crippen LogP contribution in [0.3, 0.4) is 0 Å². The molecule has 0 spiro atoms. The average molecular weight is 326 g/mol. The molecule has 104 valence electrons. The van der Waals surface area contributed by atoms with E-state index in [1.54, 1.807) is 14.1 Å². The maximum atomic E-state index is 11.8. The van der Waals surface area contributed by atoms with Crippen molar-refractivity contribution in [1.82, 2.24) is 9.88 Å². The number of halogens is 3. The predicted octanol–water partition coefficient (Wildman–Crippen LogP) is 2.68. The highest BCUT2D eigenvalue weighted by atomic mass is 35.5. The van der Waals surface area contributed by atoms with E-state index in [0.717, 1.165) is 0 Å². The molecule has 1 aromatic rings. The van der Waals surface area contributed by atoms with E-state index in [0.29, 0.717) is 0 Å². The number of ether oxygens (including phenoxy) is 1. The Labute approximate surface area is 125 Å². The number of hydrogen-bond donors (Lipinski definition) is 0. The summed E-state index contributed by atoms with van der Waals surface area (Å²) in [7, 11) is 3.11. The standard InChI is InChI=1S/C11H11Cl3N2O3/c1-5(10(17)16(2)3)19-11(18)9-8(14)7(13)6(12)4-15-9/h4-5H,1-3H3/t5-/m1/s1. The smallest absolute Gasteiger partial charge is 0.359 e. The molecule has 0 saturated carbocycles. The van der Waals surface area contributed by atoms with Crippen LogP contribution in [0.15, 0.2) is 6.20 Å². The molecule has 0 aliphatic heterocycles. The lowest BCUT2D eigenvalue weighted by atomic mass is 10.3. The first kappa shape index (κ1) is 16.0. The van der Waals surface area contributed by atoms with Gasteiger partial charge in [-0.2, -0.15) is 0 Å². The molecule has 1 atom stereocenters. The first-order valence-electron chi connectivity index (χ1n) is 5.17. The summed E-state index contributed by atoms with van der Waals surface area (Å²) in [4.78, 5) is 28.4. The van der Waals surface area contributed by atoms with Crippen LogP contribution in [-0.2, 0) is 9.53 Å². The number of nitrogens with zero attached hydrogens (tertiary/aromatic N) is 2. The lowest BCUT2D eigenvalue weighted by Crippen LogP contribution is -2.35. The molecule has 0 bridgehead atoms. The van der Waals surface area contributed by atoms with Crippen molar-refractivity contribution >= 4 is 46.7 Å². The topological polar surface area (TPSA) is 59.5 Å². The fourth-order valence-electron chi connectivity index (χ4n) is 1.22. The Morgan fingerprint density at radius 1 is 1.26 bits per heavy atom. The minimum absolute atomic E-state index is 0.0110. The Bertz CT molecular complexity index is 520. The average Bonchev–Trinajstić information content (AvgIpc) is 2.34. The Balaban J connectivity index is 2.91. The van der Waals surface area contributed by atoms with E-state index in [-0.39, 0.29) is 26.7 Å². The van der Waals surface area contributed by atoms with Crippen molar-refractivity contribution < 1.29 is 14.3 Å². The fourth-order valence-corrected chi connectivity index (χ4v) is 1.77. The Morgan fingerprint density at radius 2 is 1.84 bits per heavy atom. The molecule has 0 unspecified atom stereocenters. The van der Waals surface area contributed by atoms with Gasteiger partial charge in [-0.3, -0.25) is 4.79 Å². The van der Waals surface area contributed by atoms with Gasteiger partial charge in [-0.25, -0.2) is 9.78 Å². The van der Waals surface area contributed by atoms with Crippen LogP contribution >= 0.6 is 34.8 Å². The second kappa shape index (κ2) is 6.41. The molecule has 0 saturated heterocycles. The zero-order chi connectivity index (χ0) is 14.7. The lowest BCUT2D eigenvalue weighted by molar-refractivity contribution is -0.137. The molecule has 0 aromatic carbocycles. The molecule has 0 radical (unpaired) electrons. The maximum absolute atomic E-state index is 11.8. The van der Waals surface area contributed by atoms with Crippen LogP contribution in [-0.4, -0.2) is 42.0 Å². The third-order valence-corrected chi connectivity index (χ3v) is 3.42. The monoisotopic (exact) mass is 324 g/mol. The molecule has 1 aromatic heterocycles. The molecular weight excluding hydrogens is 314 g/mol. The van der Waals surface area contributed by atoms with Crippen molar-refractivity contribution in [3.8, 4) is 0 Å². The van der Waals surface area contributed by atoms with Crippen LogP contribution in [0.5, 0.6) is 0 Å². The summed E-state index contributed by atoms with van der Waals surface area (Å²) in [6.07, 6.45) is 0.236. The third-order valence-electron chi connectivity index (χ3n) is 2.18. The first-order valence-corrected chi connectivity index (χ1v) is 6.30. The Hall–Kier alpha value is -1.04. The Morgan fingerprint density at radius 3 is 2.37 bits per heavy atom. The van der Waals surface area contributed by atoms with Gasteiger partial charge >= 0.3 is 5.97 Å². The van der Waals surface area contributed by atoms with Crippen LogP contribution in [0.1, 0.15) is 17.4 Å². The summed E-state index contributed by atoms with van der Waals surface area (Å²) in [6, 6.07) is 0. The number of likely N-dealkylation sites (N-methyl/N-ethyl adjacent to an activating group) is 1. The van der Waals surface area contributed by atoms with Gasteiger partial charge in [-0.1, -0.05) is 34.8 Å². The van der Waals surface area contributed by atoms with E-state index >= 15 is 0 Å². The van der Waals surface area contributed by atoms with Crippen molar-refractivity contribution in [2.75, 3.05) is 14.1 Å². The third kappa shape index (κ3) is 3.72. The van der Waals surface area contributed by atoms with Gasteiger partial charge in [-0.15, -0.1) is 0 Å². The highest BCUT2D eigenvalue weighted by molar-refractivity contribution is 6.48. The summed E-state index contributed by atoms with van der Waals surface area (Å²) in [5.41, 5.74) is -0.186. The highest BCUT2D eigenvalue weighted by Gasteiger charge is 2.24. The maximum Gasteiger partial charge on any atom is 0.359 e. The molecule has 5 nitrogen and oxygen atoms in total. The number of carbonyl (C=O) groups excluding carboxylic acids is 2. The largest absolute Gasteiger partial charge is 0.448 e. The van der Waals surface area contributed by atoms with Gasteiger partial charge in [0.1, 0.15) is 0 Å². The summed E-state index contributed by atoms with van der Waals surface area (Å²) in [5, 5.41) is 0.0289. The van der Waals surface area contributed by atoms with E-state index in [1.807, 2.05) is 0 Å². The molecule has 0 N–H and O–H groups in total. The zero-order valence-corrected chi connectivity index (χ0v) is 12.7. The predicted molar refractivity (Wildman–Crippen MR) is 72.8 cm³/mol. The van der Waals surface area contributed by atoms with Gasteiger partial charge in [0.25, 0.3) is 5.91 Å². The highest BCUT2D eigenvalue weighted by Crippen LogP contribution is 2.31. The summed E-state index contributed by atoms with van der Waals surface area (Å²) < 4.78 is 4.96. The van der Waals surface area contributed by atoms with Crippen molar-refractivity contribution in [3.63, 3.8) is 0 Å². The minimum atomic E-state index is -0.949. The van der Waals surface area contributed by atoms with Crippen LogP contribution < -0.4 is 0 Å². The quantitative estimate of drug-likeness (QED) is 0.802. The van der Waals surface area contributed by atoms with Crippen molar-refractivity contribution in [2.45, 2.75) is 13.0 Å². The Kier molecular flexibility index (Phi) is 5.40. The fraction of sp³-hybridized carbons (Fsp3) is 0.364. The van der Waals surface area contributed by atoms with E-state index in [2.05, 4.69) is 4.98 Å². The molecule has 19 heavy (non-hydrogen) atoms. The van der Waals surface area contributed by atoms with E-state index in [9.17, 15) is 9.59 Å². The SMILES string of the molecule is C[C@@H](OC(=O)c1ncc(Cl)c(Cl)c1Cl)C(=O)N(C)C. The van der Waals surface area contributed by atoms with E-state index in [1.165, 1.54) is 18.0 Å². The molecule has 1 heterocycles. The zero-order valence-electron chi connectivity index (χ0n) is 10.4. The first-order chi connectivity index (χ1) is 8.75. The molecule has 0 fully saturated rings. The molecule has 8 heteroatoms. The van der Waals surface area contributed by atoms with Gasteiger partial charge in [0.05, 0.1) is 15.1 Å². The van der Waals surface area contributed by atoms with Gasteiger partial charge in [0.2, 0.25) is 0 Å². The van der Waals surface area contributed by atoms with Crippen LogP contribution in [0, 0.1) is 0 Å². The summed E-state index contributed by atoms with van der Waals surface area (Å²) >= 11 is 17.3. The minimum Gasteiger partial charge on any atom is -0.448 e. The number of rotatable bonds is 3. The second-order valence-electron chi connectivity index (χ2n) is 3.86. The van der Waals surface area contributed by atoms with E-state index < -0.39 is 12.1 Å². The normalized spacial score (nSPS) is 11.9. The number of carbonyl (C=O) groups is 2. The van der Waals surface area contributed by atoms with Crippen LogP contribution in [0.25, 0.3) is 0 Å². The second-order valence-corrected chi connectivity index (χ2v) is 5.03. The van der Waals surface area contributed by atoms with Gasteiger partial charge in [0.15, 0.2) is 11.8 Å². The van der Waals surface area contributed by atoms with E-state index in [4.69, 9.17) is 39.5 Å². The summed E-state index contributed by atoms with van der Waals surface area (Å²) in [6.45, 7) is 1.45. The van der Waals surface area contributed by atoms with Gasteiger partial charge < -0.3 is 9.64 Å². The molecular formula is C11H11Cl3N2O3. The molecule has 1 rings (SSSR count). The van der Waals surface area contributed by atoms with Crippen molar-refractivity contribution in [2.24, 2.45) is 0 Å². The number of amides is 1. The number of esters is 1. The van der Waals surface area contributed by atoms with Crippen molar-refractivity contribution in [1.29, 1.82) is 0 Å². The van der Waals surface area contributed by atoms with Crippen LogP contribution in [0.2, 0.25) is 15.1 Å². The number of hydrogen-bond acceptors (Lipinski definition) is 4. The van der Waals surface area contributed by atoms with Crippen LogP contribution in [0.4, 0.5) is 0 Å². The molecule has 0 aliphatic carbocycles. The lowest BCUT2D eigenvalue weighted by Gasteiger charge is -2.17. The molecule has 1 amide bonds. The number of aromatic nitrogens is 1. The van der Waals surface area contributed by atoms with Gasteiger partial charge in [0, 0.05) is 20.3 Å². The van der Waals surface area contributed by atoms with Gasteiger partial charge in [-0.05, 0) is 6.92 Å². The number of pyridine rings is 1. The summed E-state index contributed by atoms with van der Waals surface area (Å²) in [5.74, 6) is -1.20.